The van der Waals surface area contributed by atoms with E-state index in [1.54, 1.807) is 23.2 Å². The molecule has 1 fully saturated rings. The van der Waals surface area contributed by atoms with E-state index in [2.05, 4.69) is 10.1 Å². The van der Waals surface area contributed by atoms with E-state index in [0.29, 0.717) is 30.0 Å². The zero-order valence-corrected chi connectivity index (χ0v) is 13.4. The first-order valence-electron chi connectivity index (χ1n) is 8.12. The van der Waals surface area contributed by atoms with Gasteiger partial charge in [-0.15, -0.1) is 0 Å². The number of hydrogen-bond donors (Lipinski definition) is 0. The fraction of sp³-hybridized carbons (Fsp3) is 0.211. The summed E-state index contributed by atoms with van der Waals surface area (Å²) in [6, 6.07) is 9.77. The third-order valence-electron chi connectivity index (χ3n) is 4.54. The lowest BCUT2D eigenvalue weighted by Crippen LogP contribution is -2.28. The SMILES string of the molecule is O=C(c1cnoc1-c1ccc(F)cc1)N1CC[C@@H](c2cccnc2)C1. The molecule has 1 saturated heterocycles. The van der Waals surface area contributed by atoms with Crippen molar-refractivity contribution in [1.82, 2.24) is 15.0 Å². The number of aromatic nitrogens is 2. The van der Waals surface area contributed by atoms with Crippen LogP contribution in [0.25, 0.3) is 11.3 Å². The third kappa shape index (κ3) is 3.03. The molecule has 0 radical (unpaired) electrons. The molecule has 126 valence electrons. The fourth-order valence-electron chi connectivity index (χ4n) is 3.21. The summed E-state index contributed by atoms with van der Waals surface area (Å²) in [5.74, 6) is 0.198. The molecule has 3 aromatic rings. The van der Waals surface area contributed by atoms with Crippen LogP contribution >= 0.6 is 0 Å². The van der Waals surface area contributed by atoms with Crippen molar-refractivity contribution in [2.75, 3.05) is 13.1 Å². The highest BCUT2D eigenvalue weighted by Crippen LogP contribution is 2.30. The van der Waals surface area contributed by atoms with E-state index >= 15 is 0 Å². The van der Waals surface area contributed by atoms with Crippen LogP contribution in [-0.4, -0.2) is 34.0 Å². The number of nitrogens with zero attached hydrogens (tertiary/aromatic N) is 3. The summed E-state index contributed by atoms with van der Waals surface area (Å²) in [6.45, 7) is 1.31. The van der Waals surface area contributed by atoms with Gasteiger partial charge in [-0.3, -0.25) is 9.78 Å². The molecule has 0 aliphatic carbocycles. The van der Waals surface area contributed by atoms with E-state index < -0.39 is 0 Å². The molecule has 25 heavy (non-hydrogen) atoms. The van der Waals surface area contributed by atoms with Crippen LogP contribution in [0.5, 0.6) is 0 Å². The standard InChI is InChI=1S/C19H16FN3O2/c20-16-5-3-13(4-6-16)18-17(11-22-25-18)19(24)23-9-7-15(12-23)14-2-1-8-21-10-14/h1-6,8,10-11,15H,7,9,12H2/t15-/m1/s1. The van der Waals surface area contributed by atoms with Gasteiger partial charge in [0.2, 0.25) is 0 Å². The van der Waals surface area contributed by atoms with Gasteiger partial charge in [0.1, 0.15) is 11.4 Å². The minimum Gasteiger partial charge on any atom is -0.355 e. The van der Waals surface area contributed by atoms with Gasteiger partial charge in [0.15, 0.2) is 5.76 Å². The number of rotatable bonds is 3. The van der Waals surface area contributed by atoms with E-state index in [1.807, 2.05) is 18.3 Å². The van der Waals surface area contributed by atoms with Gasteiger partial charge in [-0.1, -0.05) is 11.2 Å². The van der Waals surface area contributed by atoms with Crippen LogP contribution < -0.4 is 0 Å². The zero-order chi connectivity index (χ0) is 17.2. The van der Waals surface area contributed by atoms with Gasteiger partial charge in [0.25, 0.3) is 5.91 Å². The number of amides is 1. The first-order valence-corrected chi connectivity index (χ1v) is 8.12. The van der Waals surface area contributed by atoms with Gasteiger partial charge in [0, 0.05) is 37.0 Å². The van der Waals surface area contributed by atoms with Crippen molar-refractivity contribution in [3.63, 3.8) is 0 Å². The molecular weight excluding hydrogens is 321 g/mol. The highest BCUT2D eigenvalue weighted by molar-refractivity contribution is 5.99. The third-order valence-corrected chi connectivity index (χ3v) is 4.54. The minimum atomic E-state index is -0.338. The molecular formula is C19H16FN3O2. The van der Waals surface area contributed by atoms with Gasteiger partial charge in [0.05, 0.1) is 6.20 Å². The predicted octanol–water partition coefficient (Wildman–Crippen LogP) is 3.51. The number of carbonyl (C=O) groups is 1. The summed E-state index contributed by atoms with van der Waals surface area (Å²) in [7, 11) is 0. The molecule has 0 N–H and O–H groups in total. The van der Waals surface area contributed by atoms with Crippen molar-refractivity contribution >= 4 is 5.91 Å². The molecule has 1 atom stereocenters. The number of carbonyl (C=O) groups excluding carboxylic acids is 1. The largest absolute Gasteiger partial charge is 0.355 e. The lowest BCUT2D eigenvalue weighted by molar-refractivity contribution is 0.0791. The van der Waals surface area contributed by atoms with Crippen molar-refractivity contribution in [2.45, 2.75) is 12.3 Å². The molecule has 1 aromatic carbocycles. The summed E-state index contributed by atoms with van der Waals surface area (Å²) in [5, 5.41) is 3.76. The van der Waals surface area contributed by atoms with Crippen LogP contribution in [-0.2, 0) is 0 Å². The average molecular weight is 337 g/mol. The Morgan fingerprint density at radius 2 is 2.04 bits per heavy atom. The number of benzene rings is 1. The Bertz CT molecular complexity index is 877. The molecule has 1 amide bonds. The van der Waals surface area contributed by atoms with Crippen molar-refractivity contribution in [3.05, 3.63) is 71.9 Å². The van der Waals surface area contributed by atoms with Crippen LogP contribution in [0.15, 0.2) is 59.5 Å². The molecule has 2 aromatic heterocycles. The lowest BCUT2D eigenvalue weighted by atomic mass is 10.0. The maximum atomic E-state index is 13.1. The topological polar surface area (TPSA) is 59.2 Å². The summed E-state index contributed by atoms with van der Waals surface area (Å²) >= 11 is 0. The first-order chi connectivity index (χ1) is 12.2. The molecule has 3 heterocycles. The first kappa shape index (κ1) is 15.5. The number of hydrogen-bond acceptors (Lipinski definition) is 4. The van der Waals surface area contributed by atoms with Crippen molar-refractivity contribution in [3.8, 4) is 11.3 Å². The summed E-state index contributed by atoms with van der Waals surface area (Å²) in [6.07, 6.45) is 5.92. The monoisotopic (exact) mass is 337 g/mol. The molecule has 5 nitrogen and oxygen atoms in total. The number of likely N-dealkylation sites (tertiary alicyclic amines) is 1. The van der Waals surface area contributed by atoms with E-state index in [0.717, 1.165) is 12.0 Å². The van der Waals surface area contributed by atoms with Crippen molar-refractivity contribution in [2.24, 2.45) is 0 Å². The Labute approximate surface area is 144 Å². The number of pyridine rings is 1. The zero-order valence-electron chi connectivity index (χ0n) is 13.4. The molecule has 4 rings (SSSR count). The summed E-state index contributed by atoms with van der Waals surface area (Å²) in [5.41, 5.74) is 2.17. The summed E-state index contributed by atoms with van der Waals surface area (Å²) < 4.78 is 18.4. The normalized spacial score (nSPS) is 17.0. The van der Waals surface area contributed by atoms with E-state index in [-0.39, 0.29) is 17.6 Å². The lowest BCUT2D eigenvalue weighted by Gasteiger charge is -2.16. The maximum absolute atomic E-state index is 13.1. The smallest absolute Gasteiger partial charge is 0.259 e. The Morgan fingerprint density at radius 1 is 1.20 bits per heavy atom. The predicted molar refractivity (Wildman–Crippen MR) is 89.4 cm³/mol. The van der Waals surface area contributed by atoms with E-state index in [4.69, 9.17) is 4.52 Å². The minimum absolute atomic E-state index is 0.119. The second-order valence-electron chi connectivity index (χ2n) is 6.10. The second-order valence-corrected chi connectivity index (χ2v) is 6.10. The maximum Gasteiger partial charge on any atom is 0.259 e. The molecule has 0 bridgehead atoms. The Hall–Kier alpha value is -3.02. The van der Waals surface area contributed by atoms with Crippen LogP contribution in [0.2, 0.25) is 0 Å². The van der Waals surface area contributed by atoms with Crippen LogP contribution in [0, 0.1) is 5.82 Å². The second kappa shape index (κ2) is 6.47. The molecule has 0 saturated carbocycles. The van der Waals surface area contributed by atoms with E-state index in [9.17, 15) is 9.18 Å². The van der Waals surface area contributed by atoms with Gasteiger partial charge >= 0.3 is 0 Å². The molecule has 6 heteroatoms. The molecule has 0 unspecified atom stereocenters. The number of halogens is 1. The molecule has 1 aliphatic heterocycles. The fourth-order valence-corrected chi connectivity index (χ4v) is 3.21. The Morgan fingerprint density at radius 3 is 2.80 bits per heavy atom. The average Bonchev–Trinajstić information content (AvgIpc) is 3.32. The highest BCUT2D eigenvalue weighted by atomic mass is 19.1. The Kier molecular flexibility index (Phi) is 4.01. The van der Waals surface area contributed by atoms with Crippen LogP contribution in [0.3, 0.4) is 0 Å². The highest BCUT2D eigenvalue weighted by Gasteiger charge is 2.30. The van der Waals surface area contributed by atoms with Gasteiger partial charge in [-0.2, -0.15) is 0 Å². The van der Waals surface area contributed by atoms with E-state index in [1.165, 1.54) is 18.3 Å². The summed E-state index contributed by atoms with van der Waals surface area (Å²) in [4.78, 5) is 18.8. The molecule has 0 spiro atoms. The van der Waals surface area contributed by atoms with Gasteiger partial charge in [-0.05, 0) is 42.3 Å². The van der Waals surface area contributed by atoms with Crippen molar-refractivity contribution in [1.29, 1.82) is 0 Å². The van der Waals surface area contributed by atoms with Crippen LogP contribution in [0.1, 0.15) is 28.3 Å². The Balaban J connectivity index is 1.55. The molecule has 1 aliphatic rings. The van der Waals surface area contributed by atoms with Crippen molar-refractivity contribution < 1.29 is 13.7 Å². The quantitative estimate of drug-likeness (QED) is 0.734. The van der Waals surface area contributed by atoms with Crippen LogP contribution in [0.4, 0.5) is 4.39 Å². The van der Waals surface area contributed by atoms with Gasteiger partial charge < -0.3 is 9.42 Å². The van der Waals surface area contributed by atoms with Gasteiger partial charge in [-0.25, -0.2) is 4.39 Å².